The Morgan fingerprint density at radius 1 is 1.42 bits per heavy atom. The number of carboxylic acid groups (broad SMARTS) is 1. The summed E-state index contributed by atoms with van der Waals surface area (Å²) in [6, 6.07) is 1.20. The first-order valence-corrected chi connectivity index (χ1v) is 9.29. The van der Waals surface area contributed by atoms with Crippen LogP contribution in [0.5, 0.6) is 0 Å². The first kappa shape index (κ1) is 14.8. The molecule has 106 valence electrons. The van der Waals surface area contributed by atoms with Gasteiger partial charge in [0.1, 0.15) is 4.88 Å². The lowest BCUT2D eigenvalue weighted by Gasteiger charge is -2.22. The number of aryl methyl sites for hydroxylation is 1. The molecule has 1 aromatic heterocycles. The number of sulfonamides is 1. The first-order valence-electron chi connectivity index (χ1n) is 5.84. The van der Waals surface area contributed by atoms with Gasteiger partial charge in [-0.2, -0.15) is 11.8 Å². The third-order valence-corrected chi connectivity index (χ3v) is 6.78. The number of aromatic carboxylic acids is 1. The highest BCUT2D eigenvalue weighted by atomic mass is 32.2. The van der Waals surface area contributed by atoms with Crippen molar-refractivity contribution in [3.05, 3.63) is 15.8 Å². The first-order chi connectivity index (χ1) is 8.90. The number of rotatable bonds is 4. The SMILES string of the molecule is Cc1sc(C(=O)O)cc1S(=O)(=O)NC1CCSCC1. The second-order valence-corrected chi connectivity index (χ2v) is 8.51. The van der Waals surface area contributed by atoms with Crippen LogP contribution in [0.3, 0.4) is 0 Å². The van der Waals surface area contributed by atoms with E-state index in [9.17, 15) is 13.2 Å². The molecule has 0 saturated carbocycles. The van der Waals surface area contributed by atoms with Gasteiger partial charge in [0, 0.05) is 10.9 Å². The van der Waals surface area contributed by atoms with Crippen LogP contribution in [0.2, 0.25) is 0 Å². The van der Waals surface area contributed by atoms with Crippen LogP contribution in [0.25, 0.3) is 0 Å². The van der Waals surface area contributed by atoms with Crippen LogP contribution < -0.4 is 4.72 Å². The Labute approximate surface area is 120 Å². The average Bonchev–Trinajstić information content (AvgIpc) is 2.73. The number of thiophene rings is 1. The van der Waals surface area contributed by atoms with E-state index in [-0.39, 0.29) is 15.8 Å². The molecule has 0 aliphatic carbocycles. The van der Waals surface area contributed by atoms with E-state index in [1.807, 2.05) is 11.8 Å². The molecule has 1 aliphatic heterocycles. The van der Waals surface area contributed by atoms with E-state index in [2.05, 4.69) is 4.72 Å². The molecule has 19 heavy (non-hydrogen) atoms. The predicted octanol–water partition coefficient (Wildman–Crippen LogP) is 1.93. The number of nitrogens with one attached hydrogen (secondary N) is 1. The minimum Gasteiger partial charge on any atom is -0.477 e. The van der Waals surface area contributed by atoms with E-state index in [1.165, 1.54) is 6.07 Å². The summed E-state index contributed by atoms with van der Waals surface area (Å²) in [4.78, 5) is 11.5. The summed E-state index contributed by atoms with van der Waals surface area (Å²) < 4.78 is 27.2. The van der Waals surface area contributed by atoms with Gasteiger partial charge in [-0.1, -0.05) is 0 Å². The van der Waals surface area contributed by atoms with E-state index in [0.717, 1.165) is 35.7 Å². The zero-order valence-electron chi connectivity index (χ0n) is 10.4. The van der Waals surface area contributed by atoms with Gasteiger partial charge in [0.05, 0.1) is 4.90 Å². The highest BCUT2D eigenvalue weighted by molar-refractivity contribution is 7.99. The van der Waals surface area contributed by atoms with Crippen LogP contribution in [0.4, 0.5) is 0 Å². The summed E-state index contributed by atoms with van der Waals surface area (Å²) in [5, 5.41) is 8.90. The molecule has 0 radical (unpaired) electrons. The van der Waals surface area contributed by atoms with Crippen molar-refractivity contribution in [2.45, 2.75) is 30.7 Å². The molecule has 8 heteroatoms. The number of carboxylic acids is 1. The van der Waals surface area contributed by atoms with Gasteiger partial charge in [0.25, 0.3) is 0 Å². The predicted molar refractivity (Wildman–Crippen MR) is 76.7 cm³/mol. The van der Waals surface area contributed by atoms with Crippen LogP contribution in [0.15, 0.2) is 11.0 Å². The molecule has 0 unspecified atom stereocenters. The largest absolute Gasteiger partial charge is 0.477 e. The van der Waals surface area contributed by atoms with Gasteiger partial charge < -0.3 is 5.11 Å². The van der Waals surface area contributed by atoms with Crippen molar-refractivity contribution in [2.75, 3.05) is 11.5 Å². The second kappa shape index (κ2) is 5.82. The highest BCUT2D eigenvalue weighted by Gasteiger charge is 2.26. The molecule has 1 aromatic rings. The van der Waals surface area contributed by atoms with Crippen molar-refractivity contribution >= 4 is 39.1 Å². The average molecular weight is 321 g/mol. The summed E-state index contributed by atoms with van der Waals surface area (Å²) in [5.74, 6) is 0.815. The molecule has 2 heterocycles. The van der Waals surface area contributed by atoms with Crippen LogP contribution in [0, 0.1) is 6.92 Å². The van der Waals surface area contributed by atoms with Gasteiger partial charge in [-0.05, 0) is 37.3 Å². The Balaban J connectivity index is 2.21. The summed E-state index contributed by atoms with van der Waals surface area (Å²) in [6.07, 6.45) is 1.64. The molecule has 0 amide bonds. The molecule has 1 saturated heterocycles. The maximum absolute atomic E-state index is 12.3. The Morgan fingerprint density at radius 2 is 2.05 bits per heavy atom. The lowest BCUT2D eigenvalue weighted by molar-refractivity contribution is 0.0702. The Bertz CT molecular complexity index is 573. The second-order valence-electron chi connectivity index (χ2n) is 4.34. The fraction of sp³-hybridized carbons (Fsp3) is 0.545. The number of hydrogen-bond acceptors (Lipinski definition) is 5. The van der Waals surface area contributed by atoms with Crippen LogP contribution in [0.1, 0.15) is 27.4 Å². The maximum Gasteiger partial charge on any atom is 0.345 e. The number of hydrogen-bond donors (Lipinski definition) is 2. The van der Waals surface area contributed by atoms with Crippen LogP contribution in [-0.2, 0) is 10.0 Å². The van der Waals surface area contributed by atoms with E-state index < -0.39 is 16.0 Å². The number of carbonyl (C=O) groups is 1. The van der Waals surface area contributed by atoms with Crippen LogP contribution >= 0.6 is 23.1 Å². The van der Waals surface area contributed by atoms with Gasteiger partial charge in [0.15, 0.2) is 0 Å². The van der Waals surface area contributed by atoms with E-state index in [4.69, 9.17) is 5.11 Å². The van der Waals surface area contributed by atoms with Crippen molar-refractivity contribution in [1.29, 1.82) is 0 Å². The van der Waals surface area contributed by atoms with Crippen molar-refractivity contribution in [3.63, 3.8) is 0 Å². The number of thioether (sulfide) groups is 1. The van der Waals surface area contributed by atoms with Crippen molar-refractivity contribution in [1.82, 2.24) is 4.72 Å². The topological polar surface area (TPSA) is 83.5 Å². The van der Waals surface area contributed by atoms with Crippen molar-refractivity contribution < 1.29 is 18.3 Å². The summed E-state index contributed by atoms with van der Waals surface area (Å²) in [7, 11) is -3.62. The van der Waals surface area contributed by atoms with Crippen molar-refractivity contribution in [3.8, 4) is 0 Å². The molecule has 0 atom stereocenters. The quantitative estimate of drug-likeness (QED) is 0.885. The van der Waals surface area contributed by atoms with Gasteiger partial charge in [-0.25, -0.2) is 17.9 Å². The monoisotopic (exact) mass is 321 g/mol. The molecule has 2 rings (SSSR count). The highest BCUT2D eigenvalue weighted by Crippen LogP contribution is 2.27. The summed E-state index contributed by atoms with van der Waals surface area (Å²) >= 11 is 2.81. The third-order valence-electron chi connectivity index (χ3n) is 2.92. The lowest BCUT2D eigenvalue weighted by Crippen LogP contribution is -2.37. The summed E-state index contributed by atoms with van der Waals surface area (Å²) in [5.41, 5.74) is 0. The normalized spacial score (nSPS) is 17.5. The third kappa shape index (κ3) is 3.50. The Morgan fingerprint density at radius 3 is 2.58 bits per heavy atom. The molecule has 0 spiro atoms. The van der Waals surface area contributed by atoms with Crippen molar-refractivity contribution in [2.24, 2.45) is 0 Å². The molecular formula is C11H15NO4S3. The molecule has 1 fully saturated rings. The van der Waals surface area contributed by atoms with Gasteiger partial charge in [0.2, 0.25) is 10.0 Å². The molecule has 2 N–H and O–H groups in total. The van der Waals surface area contributed by atoms with E-state index >= 15 is 0 Å². The van der Waals surface area contributed by atoms with Gasteiger partial charge in [-0.15, -0.1) is 11.3 Å². The lowest BCUT2D eigenvalue weighted by atomic mass is 10.2. The van der Waals surface area contributed by atoms with Crippen LogP contribution in [-0.4, -0.2) is 37.0 Å². The van der Waals surface area contributed by atoms with Gasteiger partial charge >= 0.3 is 5.97 Å². The molecule has 1 aliphatic rings. The standard InChI is InChI=1S/C11H15NO4S3/c1-7-10(6-9(18-7)11(13)14)19(15,16)12-8-2-4-17-5-3-8/h6,8,12H,2-5H2,1H3,(H,13,14). The zero-order valence-corrected chi connectivity index (χ0v) is 12.8. The Hall–Kier alpha value is -0.570. The molecular weight excluding hydrogens is 306 g/mol. The molecule has 0 aromatic carbocycles. The molecule has 0 bridgehead atoms. The molecule has 5 nitrogen and oxygen atoms in total. The van der Waals surface area contributed by atoms with E-state index in [0.29, 0.717) is 4.88 Å². The zero-order chi connectivity index (χ0) is 14.0. The minimum absolute atomic E-state index is 0.0428. The van der Waals surface area contributed by atoms with E-state index in [1.54, 1.807) is 6.92 Å². The fourth-order valence-electron chi connectivity index (χ4n) is 1.94. The van der Waals surface area contributed by atoms with Gasteiger partial charge in [-0.3, -0.25) is 0 Å². The minimum atomic E-state index is -3.62. The smallest absolute Gasteiger partial charge is 0.345 e. The summed E-state index contributed by atoms with van der Waals surface area (Å²) in [6.45, 7) is 1.63. The maximum atomic E-state index is 12.3. The fourth-order valence-corrected chi connectivity index (χ4v) is 5.78. The Kier molecular flexibility index (Phi) is 4.54.